The lowest BCUT2D eigenvalue weighted by Crippen LogP contribution is -2.18. The van der Waals surface area contributed by atoms with Crippen LogP contribution < -0.4 is 5.32 Å². The first-order valence-corrected chi connectivity index (χ1v) is 6.02. The highest BCUT2D eigenvalue weighted by Crippen LogP contribution is 2.12. The van der Waals surface area contributed by atoms with E-state index in [9.17, 15) is 0 Å². The van der Waals surface area contributed by atoms with E-state index in [1.54, 1.807) is 4.68 Å². The molecule has 1 aromatic carbocycles. The molecule has 0 bridgehead atoms. The lowest BCUT2D eigenvalue weighted by atomic mass is 10.1. The molecule has 90 valence electrons. The predicted octanol–water partition coefficient (Wildman–Crippen LogP) is 3.12. The summed E-state index contributed by atoms with van der Waals surface area (Å²) in [6.45, 7) is 2.14. The lowest BCUT2D eigenvalue weighted by Gasteiger charge is -2.13. The Bertz CT molecular complexity index is 476. The zero-order chi connectivity index (χ0) is 12.3. The van der Waals surface area contributed by atoms with Crippen molar-refractivity contribution in [3.8, 4) is 0 Å². The van der Waals surface area contributed by atoms with Gasteiger partial charge in [0.15, 0.2) is 0 Å². The van der Waals surface area contributed by atoms with Crippen LogP contribution >= 0.6 is 11.6 Å². The van der Waals surface area contributed by atoms with Crippen LogP contribution in [-0.4, -0.2) is 15.8 Å². The van der Waals surface area contributed by atoms with Crippen molar-refractivity contribution >= 4 is 17.4 Å². The van der Waals surface area contributed by atoms with E-state index >= 15 is 0 Å². The molecule has 0 saturated carbocycles. The van der Waals surface area contributed by atoms with Crippen LogP contribution in [0.4, 0.5) is 5.82 Å². The van der Waals surface area contributed by atoms with Gasteiger partial charge in [-0.3, -0.25) is 4.68 Å². The Balaban J connectivity index is 1.93. The number of aryl methyl sites for hydroxylation is 1. The number of anilines is 1. The highest BCUT2D eigenvalue weighted by atomic mass is 35.5. The summed E-state index contributed by atoms with van der Waals surface area (Å²) in [5.74, 6) is 0.911. The van der Waals surface area contributed by atoms with Crippen molar-refractivity contribution in [2.45, 2.75) is 19.4 Å². The number of aromatic nitrogens is 2. The largest absolute Gasteiger partial charge is 0.366 e. The van der Waals surface area contributed by atoms with E-state index in [0.717, 1.165) is 17.3 Å². The van der Waals surface area contributed by atoms with Crippen LogP contribution in [0.15, 0.2) is 36.5 Å². The molecule has 17 heavy (non-hydrogen) atoms. The standard InChI is InChI=1S/C13H16ClN3/c1-10(15-13-7-8-17(2)16-13)9-11-3-5-12(14)6-4-11/h3-8,10H,9H2,1-2H3,(H,15,16). The molecule has 3 nitrogen and oxygen atoms in total. The van der Waals surface area contributed by atoms with Gasteiger partial charge < -0.3 is 5.32 Å². The summed E-state index contributed by atoms with van der Waals surface area (Å²) < 4.78 is 1.79. The smallest absolute Gasteiger partial charge is 0.148 e. The molecule has 1 unspecified atom stereocenters. The molecule has 2 rings (SSSR count). The third kappa shape index (κ3) is 3.49. The highest BCUT2D eigenvalue weighted by Gasteiger charge is 2.05. The topological polar surface area (TPSA) is 29.9 Å². The van der Waals surface area contributed by atoms with Crippen LogP contribution in [0.3, 0.4) is 0 Å². The fourth-order valence-electron chi connectivity index (χ4n) is 1.77. The van der Waals surface area contributed by atoms with Crippen molar-refractivity contribution in [2.24, 2.45) is 7.05 Å². The SMILES string of the molecule is CC(Cc1ccc(Cl)cc1)Nc1ccn(C)n1. The minimum atomic E-state index is 0.339. The molecule has 2 aromatic rings. The van der Waals surface area contributed by atoms with Crippen LogP contribution in [0.5, 0.6) is 0 Å². The van der Waals surface area contributed by atoms with Gasteiger partial charge in [0.25, 0.3) is 0 Å². The van der Waals surface area contributed by atoms with Crippen LogP contribution in [0.2, 0.25) is 5.02 Å². The summed E-state index contributed by atoms with van der Waals surface area (Å²) in [7, 11) is 1.91. The quantitative estimate of drug-likeness (QED) is 0.902. The second-order valence-electron chi connectivity index (χ2n) is 4.25. The number of halogens is 1. The van der Waals surface area contributed by atoms with E-state index in [0.29, 0.717) is 6.04 Å². The van der Waals surface area contributed by atoms with Crippen molar-refractivity contribution in [1.29, 1.82) is 0 Å². The van der Waals surface area contributed by atoms with Crippen molar-refractivity contribution in [1.82, 2.24) is 9.78 Å². The van der Waals surface area contributed by atoms with Gasteiger partial charge in [0.05, 0.1) is 0 Å². The molecule has 1 N–H and O–H groups in total. The van der Waals surface area contributed by atoms with Crippen molar-refractivity contribution in [2.75, 3.05) is 5.32 Å². The summed E-state index contributed by atoms with van der Waals surface area (Å²) in [6, 6.07) is 10.3. The van der Waals surface area contributed by atoms with Gasteiger partial charge in [0.1, 0.15) is 5.82 Å². The van der Waals surface area contributed by atoms with Gasteiger partial charge >= 0.3 is 0 Å². The van der Waals surface area contributed by atoms with Gasteiger partial charge in [-0.25, -0.2) is 0 Å². The molecule has 1 heterocycles. The van der Waals surface area contributed by atoms with E-state index in [4.69, 9.17) is 11.6 Å². The molecule has 0 radical (unpaired) electrons. The molecule has 1 aromatic heterocycles. The number of nitrogens with one attached hydrogen (secondary N) is 1. The Morgan fingerprint density at radius 3 is 2.59 bits per heavy atom. The molecule has 0 amide bonds. The van der Waals surface area contributed by atoms with Crippen molar-refractivity contribution < 1.29 is 0 Å². The van der Waals surface area contributed by atoms with Crippen LogP contribution in [0.25, 0.3) is 0 Å². The van der Waals surface area contributed by atoms with E-state index in [1.807, 2.05) is 31.4 Å². The Labute approximate surface area is 106 Å². The van der Waals surface area contributed by atoms with Crippen LogP contribution in [0, 0.1) is 0 Å². The van der Waals surface area contributed by atoms with Crippen LogP contribution in [-0.2, 0) is 13.5 Å². The zero-order valence-corrected chi connectivity index (χ0v) is 10.8. The molecular formula is C13H16ClN3. The van der Waals surface area contributed by atoms with Gasteiger partial charge in [-0.15, -0.1) is 0 Å². The van der Waals surface area contributed by atoms with Crippen LogP contribution in [0.1, 0.15) is 12.5 Å². The van der Waals surface area contributed by atoms with Gasteiger partial charge in [0, 0.05) is 30.4 Å². The first-order valence-electron chi connectivity index (χ1n) is 5.64. The fourth-order valence-corrected chi connectivity index (χ4v) is 1.90. The second kappa shape index (κ2) is 5.23. The molecule has 0 spiro atoms. The Hall–Kier alpha value is -1.48. The molecule has 0 fully saturated rings. The van der Waals surface area contributed by atoms with E-state index in [1.165, 1.54) is 5.56 Å². The fraction of sp³-hybridized carbons (Fsp3) is 0.308. The van der Waals surface area contributed by atoms with Gasteiger partial charge in [-0.2, -0.15) is 5.10 Å². The Kier molecular flexibility index (Phi) is 3.69. The maximum atomic E-state index is 5.85. The molecule has 0 saturated heterocycles. The van der Waals surface area contributed by atoms with Crippen molar-refractivity contribution in [3.05, 3.63) is 47.1 Å². The minimum absolute atomic E-state index is 0.339. The molecule has 0 aliphatic heterocycles. The summed E-state index contributed by atoms with van der Waals surface area (Å²) in [5.41, 5.74) is 1.27. The maximum Gasteiger partial charge on any atom is 0.148 e. The monoisotopic (exact) mass is 249 g/mol. The zero-order valence-electron chi connectivity index (χ0n) is 10.0. The third-order valence-corrected chi connectivity index (χ3v) is 2.82. The normalized spacial score (nSPS) is 12.4. The van der Waals surface area contributed by atoms with Crippen molar-refractivity contribution in [3.63, 3.8) is 0 Å². The Morgan fingerprint density at radius 1 is 1.29 bits per heavy atom. The lowest BCUT2D eigenvalue weighted by molar-refractivity contribution is 0.745. The summed E-state index contributed by atoms with van der Waals surface area (Å²) in [6.07, 6.45) is 2.88. The highest BCUT2D eigenvalue weighted by molar-refractivity contribution is 6.30. The predicted molar refractivity (Wildman–Crippen MR) is 71.4 cm³/mol. The first-order chi connectivity index (χ1) is 8.13. The average molecular weight is 250 g/mol. The molecule has 4 heteroatoms. The van der Waals surface area contributed by atoms with Gasteiger partial charge in [0.2, 0.25) is 0 Å². The molecule has 1 atom stereocenters. The first kappa shape index (κ1) is 12.0. The number of benzene rings is 1. The van der Waals surface area contributed by atoms with E-state index in [-0.39, 0.29) is 0 Å². The molecule has 0 aliphatic rings. The summed E-state index contributed by atoms with van der Waals surface area (Å²) >= 11 is 5.85. The van der Waals surface area contributed by atoms with Gasteiger partial charge in [-0.05, 0) is 31.0 Å². The summed E-state index contributed by atoms with van der Waals surface area (Å²) in [5, 5.41) is 8.43. The molecular weight excluding hydrogens is 234 g/mol. The number of rotatable bonds is 4. The summed E-state index contributed by atoms with van der Waals surface area (Å²) in [4.78, 5) is 0. The van der Waals surface area contributed by atoms with Gasteiger partial charge in [-0.1, -0.05) is 23.7 Å². The molecule has 0 aliphatic carbocycles. The number of nitrogens with zero attached hydrogens (tertiary/aromatic N) is 2. The maximum absolute atomic E-state index is 5.85. The number of hydrogen-bond acceptors (Lipinski definition) is 2. The Morgan fingerprint density at radius 2 is 2.00 bits per heavy atom. The second-order valence-corrected chi connectivity index (χ2v) is 4.69. The minimum Gasteiger partial charge on any atom is -0.366 e. The van der Waals surface area contributed by atoms with E-state index < -0.39 is 0 Å². The average Bonchev–Trinajstić information content (AvgIpc) is 2.67. The number of hydrogen-bond donors (Lipinski definition) is 1. The third-order valence-electron chi connectivity index (χ3n) is 2.56. The van der Waals surface area contributed by atoms with E-state index in [2.05, 4.69) is 29.5 Å².